The number of carbonyl (C=O) groups is 2. The number of aryl methyl sites for hydroxylation is 1. The molecule has 3 N–H and O–H groups in total. The molecule has 8 nitrogen and oxygen atoms in total. The molecule has 1 aliphatic heterocycles. The number of aromatic amines is 1. The molecule has 29 heavy (non-hydrogen) atoms. The summed E-state index contributed by atoms with van der Waals surface area (Å²) in [5.74, 6) is -1.37. The highest BCUT2D eigenvalue weighted by molar-refractivity contribution is 7.17. The van der Waals surface area contributed by atoms with E-state index in [4.69, 9.17) is 33.0 Å². The molecular weight excluding hydrogens is 439 g/mol. The van der Waals surface area contributed by atoms with Crippen molar-refractivity contribution in [1.29, 1.82) is 0 Å². The highest BCUT2D eigenvalue weighted by Crippen LogP contribution is 2.30. The van der Waals surface area contributed by atoms with E-state index < -0.39 is 5.97 Å². The SMILES string of the molecule is C=CCO[C@@H]1CN(c2ncc(C(=O)O)s2)CC[C@@H]1NC(=O)c1[nH]c(C)c(Cl)c1Cl. The fourth-order valence-corrected chi connectivity index (χ4v) is 4.30. The van der Waals surface area contributed by atoms with Gasteiger partial charge in [-0.25, -0.2) is 9.78 Å². The lowest BCUT2D eigenvalue weighted by Gasteiger charge is -2.38. The number of thiazole rings is 1. The minimum absolute atomic E-state index is 0.174. The Hall–Kier alpha value is -2.07. The van der Waals surface area contributed by atoms with Gasteiger partial charge in [-0.15, -0.1) is 6.58 Å². The van der Waals surface area contributed by atoms with Crippen LogP contribution in [0.2, 0.25) is 10.0 Å². The lowest BCUT2D eigenvalue weighted by molar-refractivity contribution is 0.0355. The lowest BCUT2D eigenvalue weighted by Crippen LogP contribution is -2.55. The molecule has 1 fully saturated rings. The second kappa shape index (κ2) is 9.17. The van der Waals surface area contributed by atoms with Gasteiger partial charge in [0.05, 0.1) is 35.0 Å². The molecule has 0 unspecified atom stereocenters. The Labute approximate surface area is 181 Å². The third-order valence-electron chi connectivity index (χ3n) is 4.56. The number of carboxylic acids is 1. The summed E-state index contributed by atoms with van der Waals surface area (Å²) in [5.41, 5.74) is 0.833. The van der Waals surface area contributed by atoms with Crippen LogP contribution >= 0.6 is 34.5 Å². The van der Waals surface area contributed by atoms with Crippen LogP contribution in [0.25, 0.3) is 0 Å². The second-order valence-corrected chi connectivity index (χ2v) is 8.31. The summed E-state index contributed by atoms with van der Waals surface area (Å²) in [6, 6.07) is -0.268. The molecule has 0 aliphatic carbocycles. The molecule has 0 spiro atoms. The van der Waals surface area contributed by atoms with Gasteiger partial charge in [0.15, 0.2) is 5.13 Å². The van der Waals surface area contributed by atoms with Crippen molar-refractivity contribution >= 4 is 51.5 Å². The Morgan fingerprint density at radius 3 is 2.86 bits per heavy atom. The fourth-order valence-electron chi connectivity index (χ4n) is 3.09. The number of hydrogen-bond donors (Lipinski definition) is 3. The molecule has 2 aromatic heterocycles. The second-order valence-electron chi connectivity index (χ2n) is 6.54. The summed E-state index contributed by atoms with van der Waals surface area (Å²) in [6.07, 6.45) is 3.22. The van der Waals surface area contributed by atoms with Gasteiger partial charge in [-0.1, -0.05) is 40.6 Å². The predicted octanol–water partition coefficient (Wildman–Crippen LogP) is 3.36. The van der Waals surface area contributed by atoms with E-state index in [1.807, 2.05) is 4.90 Å². The molecule has 2 aromatic rings. The van der Waals surface area contributed by atoms with Gasteiger partial charge in [0, 0.05) is 18.8 Å². The number of carboxylic acid groups (broad SMARTS) is 1. The Balaban J connectivity index is 1.73. The van der Waals surface area contributed by atoms with Crippen molar-refractivity contribution in [2.45, 2.75) is 25.5 Å². The minimum atomic E-state index is -1.01. The van der Waals surface area contributed by atoms with Crippen molar-refractivity contribution in [1.82, 2.24) is 15.3 Å². The van der Waals surface area contributed by atoms with Crippen LogP contribution in [-0.2, 0) is 4.74 Å². The van der Waals surface area contributed by atoms with Crippen LogP contribution in [-0.4, -0.2) is 58.8 Å². The van der Waals surface area contributed by atoms with Crippen LogP contribution in [0.15, 0.2) is 18.9 Å². The molecule has 1 aliphatic rings. The maximum absolute atomic E-state index is 12.7. The van der Waals surface area contributed by atoms with Crippen LogP contribution in [0.3, 0.4) is 0 Å². The highest BCUT2D eigenvalue weighted by Gasteiger charge is 2.33. The molecule has 1 amide bonds. The van der Waals surface area contributed by atoms with Crippen molar-refractivity contribution in [3.05, 3.63) is 45.2 Å². The number of nitrogens with zero attached hydrogens (tertiary/aromatic N) is 2. The molecule has 1 saturated heterocycles. The van der Waals surface area contributed by atoms with Crippen molar-refractivity contribution in [2.75, 3.05) is 24.6 Å². The van der Waals surface area contributed by atoms with E-state index in [9.17, 15) is 9.59 Å². The summed E-state index contributed by atoms with van der Waals surface area (Å²) in [7, 11) is 0. The average molecular weight is 459 g/mol. The zero-order valence-corrected chi connectivity index (χ0v) is 17.9. The molecule has 0 radical (unpaired) electrons. The van der Waals surface area contributed by atoms with Gasteiger partial charge in [-0.2, -0.15) is 0 Å². The molecule has 3 rings (SSSR count). The third-order valence-corrected chi connectivity index (χ3v) is 6.55. The molecule has 11 heteroatoms. The number of anilines is 1. The summed E-state index contributed by atoms with van der Waals surface area (Å²) in [4.78, 5) is 33.0. The normalized spacial score (nSPS) is 19.2. The van der Waals surface area contributed by atoms with Gasteiger partial charge in [-0.05, 0) is 13.3 Å². The quantitative estimate of drug-likeness (QED) is 0.548. The van der Waals surface area contributed by atoms with Gasteiger partial charge < -0.3 is 25.0 Å². The number of piperidine rings is 1. The van der Waals surface area contributed by atoms with Crippen LogP contribution in [0.1, 0.15) is 32.3 Å². The molecule has 0 aromatic carbocycles. The van der Waals surface area contributed by atoms with Gasteiger partial charge >= 0.3 is 5.97 Å². The van der Waals surface area contributed by atoms with Gasteiger partial charge in [0.1, 0.15) is 10.6 Å². The number of carbonyl (C=O) groups excluding carboxylic acids is 1. The lowest BCUT2D eigenvalue weighted by atomic mass is 10.0. The zero-order chi connectivity index (χ0) is 21.1. The van der Waals surface area contributed by atoms with Crippen molar-refractivity contribution in [3.63, 3.8) is 0 Å². The van der Waals surface area contributed by atoms with E-state index in [0.29, 0.717) is 42.0 Å². The minimum Gasteiger partial charge on any atom is -0.477 e. The average Bonchev–Trinajstić information content (AvgIpc) is 3.29. The largest absolute Gasteiger partial charge is 0.477 e. The first-order valence-corrected chi connectivity index (χ1v) is 10.4. The molecular formula is C18H20Cl2N4O4S. The molecule has 0 bridgehead atoms. The maximum Gasteiger partial charge on any atom is 0.347 e. The van der Waals surface area contributed by atoms with E-state index in [-0.39, 0.29) is 33.6 Å². The first kappa shape index (κ1) is 21.6. The van der Waals surface area contributed by atoms with Crippen molar-refractivity contribution in [2.24, 2.45) is 0 Å². The molecule has 156 valence electrons. The van der Waals surface area contributed by atoms with Crippen LogP contribution < -0.4 is 10.2 Å². The predicted molar refractivity (Wildman–Crippen MR) is 113 cm³/mol. The van der Waals surface area contributed by atoms with Gasteiger partial charge in [0.25, 0.3) is 5.91 Å². The maximum atomic E-state index is 12.7. The Morgan fingerprint density at radius 2 is 2.28 bits per heavy atom. The zero-order valence-electron chi connectivity index (χ0n) is 15.6. The number of nitrogens with one attached hydrogen (secondary N) is 2. The third kappa shape index (κ3) is 4.75. The van der Waals surface area contributed by atoms with Gasteiger partial charge in [-0.3, -0.25) is 4.79 Å². The summed E-state index contributed by atoms with van der Waals surface area (Å²) in [5, 5.41) is 13.2. The molecule has 2 atom stereocenters. The number of aromatic nitrogens is 2. The number of halogens is 2. The molecule has 0 saturated carbocycles. The first-order chi connectivity index (χ1) is 13.8. The van der Waals surface area contributed by atoms with Gasteiger partial charge in [0.2, 0.25) is 0 Å². The number of hydrogen-bond acceptors (Lipinski definition) is 6. The Morgan fingerprint density at radius 1 is 1.52 bits per heavy atom. The van der Waals surface area contributed by atoms with E-state index in [2.05, 4.69) is 21.9 Å². The van der Waals surface area contributed by atoms with E-state index >= 15 is 0 Å². The molecule has 3 heterocycles. The number of H-pyrrole nitrogens is 1. The van der Waals surface area contributed by atoms with E-state index in [1.165, 1.54) is 6.20 Å². The monoisotopic (exact) mass is 458 g/mol. The smallest absolute Gasteiger partial charge is 0.347 e. The Kier molecular flexibility index (Phi) is 6.84. The van der Waals surface area contributed by atoms with Crippen LogP contribution in [0.4, 0.5) is 5.13 Å². The number of ether oxygens (including phenoxy) is 1. The summed E-state index contributed by atoms with van der Waals surface area (Å²) < 4.78 is 5.86. The summed E-state index contributed by atoms with van der Waals surface area (Å²) >= 11 is 13.3. The summed E-state index contributed by atoms with van der Waals surface area (Å²) in [6.45, 7) is 6.75. The first-order valence-electron chi connectivity index (χ1n) is 8.82. The highest BCUT2D eigenvalue weighted by atomic mass is 35.5. The van der Waals surface area contributed by atoms with Crippen molar-refractivity contribution < 1.29 is 19.4 Å². The standard InChI is InChI=1S/C18H20Cl2N4O4S/c1-3-6-28-11-8-24(18-21-7-12(29-18)17(26)27)5-4-10(11)23-16(25)15-14(20)13(19)9(2)22-15/h3,7,10-11,22H,1,4-6,8H2,2H3,(H,23,25)(H,26,27)/t10-,11+/m0/s1. The fraction of sp³-hybridized carbons (Fsp3) is 0.389. The number of aromatic carboxylic acids is 1. The topological polar surface area (TPSA) is 108 Å². The van der Waals surface area contributed by atoms with Crippen LogP contribution in [0, 0.1) is 6.92 Å². The van der Waals surface area contributed by atoms with Crippen molar-refractivity contribution in [3.8, 4) is 0 Å². The Bertz CT molecular complexity index is 929. The van der Waals surface area contributed by atoms with Crippen LogP contribution in [0.5, 0.6) is 0 Å². The number of amides is 1. The van der Waals surface area contributed by atoms with E-state index in [0.717, 1.165) is 11.3 Å². The van der Waals surface area contributed by atoms with E-state index in [1.54, 1.807) is 13.0 Å². The number of rotatable bonds is 7.